The molecule has 0 aromatic heterocycles. The first-order valence-electron chi connectivity index (χ1n) is 5.44. The SMILES string of the molecule is COc1c(C(C)(C)CO)cc(Br)c(C=O)c1OC. The number of carbonyl (C=O) groups is 1. The number of methoxy groups -OCH3 is 2. The number of aldehydes is 1. The molecule has 0 aliphatic carbocycles. The lowest BCUT2D eigenvalue weighted by molar-refractivity contribution is 0.111. The lowest BCUT2D eigenvalue weighted by Gasteiger charge is -2.26. The first kappa shape index (κ1) is 15.0. The fourth-order valence-electron chi connectivity index (χ4n) is 1.73. The first-order chi connectivity index (χ1) is 8.42. The Labute approximate surface area is 115 Å². The zero-order valence-corrected chi connectivity index (χ0v) is 12.5. The zero-order chi connectivity index (χ0) is 13.9. The fourth-order valence-corrected chi connectivity index (χ4v) is 2.23. The van der Waals surface area contributed by atoms with Gasteiger partial charge in [-0.2, -0.15) is 0 Å². The van der Waals surface area contributed by atoms with Crippen LogP contribution in [0.3, 0.4) is 0 Å². The number of aliphatic hydroxyl groups excluding tert-OH is 1. The van der Waals surface area contributed by atoms with Crippen LogP contribution in [0.5, 0.6) is 11.5 Å². The standard InChI is InChI=1S/C13H17BrO4/c1-13(2,7-16)9-5-10(14)8(6-15)11(17-3)12(9)18-4/h5-6,16H,7H2,1-4H3. The molecule has 0 saturated heterocycles. The van der Waals surface area contributed by atoms with E-state index >= 15 is 0 Å². The lowest BCUT2D eigenvalue weighted by atomic mass is 9.84. The summed E-state index contributed by atoms with van der Waals surface area (Å²) in [6, 6.07) is 1.78. The van der Waals surface area contributed by atoms with Gasteiger partial charge in [0, 0.05) is 15.5 Å². The van der Waals surface area contributed by atoms with Crippen LogP contribution < -0.4 is 9.47 Å². The Morgan fingerprint density at radius 2 is 1.89 bits per heavy atom. The topological polar surface area (TPSA) is 55.8 Å². The maximum absolute atomic E-state index is 11.1. The number of halogens is 1. The van der Waals surface area contributed by atoms with Crippen molar-refractivity contribution >= 4 is 22.2 Å². The number of rotatable bonds is 5. The molecule has 18 heavy (non-hydrogen) atoms. The van der Waals surface area contributed by atoms with E-state index in [1.54, 1.807) is 6.07 Å². The van der Waals surface area contributed by atoms with E-state index in [4.69, 9.17) is 9.47 Å². The Bertz CT molecular complexity index is 455. The molecule has 1 aromatic rings. The third kappa shape index (κ3) is 2.52. The Kier molecular flexibility index (Phi) is 4.76. The second-order valence-electron chi connectivity index (χ2n) is 4.55. The molecule has 0 heterocycles. The van der Waals surface area contributed by atoms with E-state index in [-0.39, 0.29) is 6.61 Å². The molecule has 0 saturated carbocycles. The van der Waals surface area contributed by atoms with Crippen molar-refractivity contribution in [1.82, 2.24) is 0 Å². The van der Waals surface area contributed by atoms with E-state index in [1.165, 1.54) is 14.2 Å². The fraction of sp³-hybridized carbons (Fsp3) is 0.462. The minimum atomic E-state index is -0.497. The smallest absolute Gasteiger partial charge is 0.172 e. The Morgan fingerprint density at radius 1 is 1.33 bits per heavy atom. The molecule has 1 rings (SSSR count). The molecule has 0 aliphatic heterocycles. The summed E-state index contributed by atoms with van der Waals surface area (Å²) in [5, 5.41) is 9.47. The molecule has 0 bridgehead atoms. The molecular formula is C13H17BrO4. The second-order valence-corrected chi connectivity index (χ2v) is 5.40. The molecule has 0 atom stereocenters. The first-order valence-corrected chi connectivity index (χ1v) is 6.23. The molecule has 0 unspecified atom stereocenters. The highest BCUT2D eigenvalue weighted by atomic mass is 79.9. The predicted octanol–water partition coefficient (Wildman–Crippen LogP) is 2.55. The van der Waals surface area contributed by atoms with E-state index in [1.807, 2.05) is 13.8 Å². The van der Waals surface area contributed by atoms with Gasteiger partial charge in [-0.15, -0.1) is 0 Å². The van der Waals surface area contributed by atoms with Crippen LogP contribution in [0.1, 0.15) is 29.8 Å². The van der Waals surface area contributed by atoms with Gasteiger partial charge in [-0.3, -0.25) is 4.79 Å². The van der Waals surface area contributed by atoms with E-state index in [0.29, 0.717) is 27.8 Å². The molecule has 0 spiro atoms. The molecular weight excluding hydrogens is 300 g/mol. The van der Waals surface area contributed by atoms with Crippen LogP contribution in [-0.2, 0) is 5.41 Å². The van der Waals surface area contributed by atoms with Crippen molar-refractivity contribution in [2.75, 3.05) is 20.8 Å². The second kappa shape index (κ2) is 5.71. The highest BCUT2D eigenvalue weighted by Crippen LogP contribution is 2.43. The number of aliphatic hydroxyl groups is 1. The maximum atomic E-state index is 11.1. The number of carbonyl (C=O) groups excluding carboxylic acids is 1. The van der Waals surface area contributed by atoms with Crippen LogP contribution >= 0.6 is 15.9 Å². The van der Waals surface area contributed by atoms with Crippen molar-refractivity contribution in [1.29, 1.82) is 0 Å². The molecule has 5 heteroatoms. The average Bonchev–Trinajstić information content (AvgIpc) is 2.37. The van der Waals surface area contributed by atoms with Gasteiger partial charge in [-0.25, -0.2) is 0 Å². The van der Waals surface area contributed by atoms with Crippen LogP contribution in [0.4, 0.5) is 0 Å². The molecule has 0 amide bonds. The highest BCUT2D eigenvalue weighted by Gasteiger charge is 2.28. The van der Waals surface area contributed by atoms with Gasteiger partial charge in [-0.1, -0.05) is 13.8 Å². The van der Waals surface area contributed by atoms with Crippen molar-refractivity contribution in [3.63, 3.8) is 0 Å². The Hall–Kier alpha value is -1.07. The minimum Gasteiger partial charge on any atom is -0.493 e. The predicted molar refractivity (Wildman–Crippen MR) is 72.7 cm³/mol. The molecule has 4 nitrogen and oxygen atoms in total. The third-order valence-electron chi connectivity index (χ3n) is 2.87. The normalized spacial score (nSPS) is 11.2. The molecule has 0 fully saturated rings. The minimum absolute atomic E-state index is 0.0423. The van der Waals surface area contributed by atoms with Gasteiger partial charge in [0.2, 0.25) is 0 Å². The van der Waals surface area contributed by atoms with Crippen molar-refractivity contribution in [3.8, 4) is 11.5 Å². The molecule has 0 aliphatic rings. The Balaban J connectivity index is 3.64. The van der Waals surface area contributed by atoms with Crippen molar-refractivity contribution in [2.24, 2.45) is 0 Å². The number of benzene rings is 1. The number of hydrogen-bond donors (Lipinski definition) is 1. The van der Waals surface area contributed by atoms with Gasteiger partial charge in [0.1, 0.15) is 0 Å². The summed E-state index contributed by atoms with van der Waals surface area (Å²) < 4.78 is 11.2. The molecule has 0 radical (unpaired) electrons. The van der Waals surface area contributed by atoms with Crippen LogP contribution in [0.2, 0.25) is 0 Å². The zero-order valence-electron chi connectivity index (χ0n) is 10.9. The monoisotopic (exact) mass is 316 g/mol. The summed E-state index contributed by atoms with van der Waals surface area (Å²) in [6.45, 7) is 3.73. The van der Waals surface area contributed by atoms with E-state index < -0.39 is 5.41 Å². The highest BCUT2D eigenvalue weighted by molar-refractivity contribution is 9.10. The van der Waals surface area contributed by atoms with Crippen LogP contribution in [-0.4, -0.2) is 32.2 Å². The van der Waals surface area contributed by atoms with Crippen LogP contribution in [0, 0.1) is 0 Å². The van der Waals surface area contributed by atoms with Gasteiger partial charge in [0.15, 0.2) is 17.8 Å². The number of hydrogen-bond acceptors (Lipinski definition) is 4. The number of ether oxygens (including phenoxy) is 2. The lowest BCUT2D eigenvalue weighted by Crippen LogP contribution is -2.23. The van der Waals surface area contributed by atoms with Crippen molar-refractivity contribution in [2.45, 2.75) is 19.3 Å². The van der Waals surface area contributed by atoms with E-state index in [0.717, 1.165) is 5.56 Å². The van der Waals surface area contributed by atoms with Crippen molar-refractivity contribution in [3.05, 3.63) is 21.7 Å². The maximum Gasteiger partial charge on any atom is 0.172 e. The van der Waals surface area contributed by atoms with Gasteiger partial charge in [0.05, 0.1) is 26.4 Å². The quantitative estimate of drug-likeness (QED) is 0.848. The van der Waals surface area contributed by atoms with Crippen molar-refractivity contribution < 1.29 is 19.4 Å². The largest absolute Gasteiger partial charge is 0.493 e. The third-order valence-corrected chi connectivity index (χ3v) is 3.53. The van der Waals surface area contributed by atoms with E-state index in [2.05, 4.69) is 15.9 Å². The summed E-state index contributed by atoms with van der Waals surface area (Å²) in [5.74, 6) is 0.847. The summed E-state index contributed by atoms with van der Waals surface area (Å²) in [7, 11) is 2.99. The summed E-state index contributed by atoms with van der Waals surface area (Å²) >= 11 is 3.34. The average molecular weight is 317 g/mol. The van der Waals surface area contributed by atoms with Gasteiger partial charge in [-0.05, 0) is 22.0 Å². The summed E-state index contributed by atoms with van der Waals surface area (Å²) in [4.78, 5) is 11.1. The summed E-state index contributed by atoms with van der Waals surface area (Å²) in [5.41, 5.74) is 0.677. The molecule has 100 valence electrons. The van der Waals surface area contributed by atoms with Gasteiger partial charge >= 0.3 is 0 Å². The van der Waals surface area contributed by atoms with Crippen LogP contribution in [0.25, 0.3) is 0 Å². The Morgan fingerprint density at radius 3 is 2.28 bits per heavy atom. The van der Waals surface area contributed by atoms with Gasteiger partial charge < -0.3 is 14.6 Å². The van der Waals surface area contributed by atoms with Gasteiger partial charge in [0.25, 0.3) is 0 Å². The summed E-state index contributed by atoms with van der Waals surface area (Å²) in [6.07, 6.45) is 0.709. The van der Waals surface area contributed by atoms with E-state index in [9.17, 15) is 9.90 Å². The molecule has 1 aromatic carbocycles. The van der Waals surface area contributed by atoms with Crippen LogP contribution in [0.15, 0.2) is 10.5 Å². The molecule has 1 N–H and O–H groups in total.